The van der Waals surface area contributed by atoms with Crippen molar-refractivity contribution in [3.63, 3.8) is 0 Å². The standard InChI is InChI=1S/C13H12N3O3PS/c17-20(18,19)8-16-12-10-6-11(9-4-2-1-3-5-9)21-13(10)15-7-14-12/h1-7H,8H2,(H,14,15,16)(H2,17,18,19). The van der Waals surface area contributed by atoms with Gasteiger partial charge in [-0.25, -0.2) is 9.97 Å². The van der Waals surface area contributed by atoms with Crippen molar-refractivity contribution < 1.29 is 14.4 Å². The number of anilines is 1. The molecule has 0 saturated carbocycles. The number of fused-ring (bicyclic) bond motifs is 1. The third-order valence-corrected chi connectivity index (χ3v) is 4.50. The molecule has 0 fully saturated rings. The summed E-state index contributed by atoms with van der Waals surface area (Å²) in [6.45, 7) is 0. The Morgan fingerprint density at radius 1 is 1.19 bits per heavy atom. The molecule has 108 valence electrons. The van der Waals surface area contributed by atoms with Gasteiger partial charge >= 0.3 is 7.60 Å². The van der Waals surface area contributed by atoms with Crippen molar-refractivity contribution in [1.29, 1.82) is 0 Å². The van der Waals surface area contributed by atoms with Gasteiger partial charge in [-0.05, 0) is 11.6 Å². The quantitative estimate of drug-likeness (QED) is 0.640. The van der Waals surface area contributed by atoms with Crippen LogP contribution >= 0.6 is 18.9 Å². The van der Waals surface area contributed by atoms with E-state index in [0.717, 1.165) is 20.7 Å². The molecule has 6 nitrogen and oxygen atoms in total. The Labute approximate surface area is 124 Å². The Morgan fingerprint density at radius 2 is 1.95 bits per heavy atom. The van der Waals surface area contributed by atoms with E-state index in [9.17, 15) is 4.57 Å². The van der Waals surface area contributed by atoms with Crippen LogP contribution in [0, 0.1) is 0 Å². The van der Waals surface area contributed by atoms with E-state index < -0.39 is 13.9 Å². The van der Waals surface area contributed by atoms with Crippen molar-refractivity contribution in [2.75, 3.05) is 11.6 Å². The normalized spacial score (nSPS) is 11.7. The lowest BCUT2D eigenvalue weighted by Gasteiger charge is -2.07. The topological polar surface area (TPSA) is 95.3 Å². The molecular weight excluding hydrogens is 309 g/mol. The second-order valence-corrected chi connectivity index (χ2v) is 7.09. The van der Waals surface area contributed by atoms with Gasteiger partial charge in [0, 0.05) is 4.88 Å². The molecule has 2 heterocycles. The number of hydrogen-bond acceptors (Lipinski definition) is 5. The van der Waals surface area contributed by atoms with Gasteiger partial charge in [0.05, 0.1) is 5.39 Å². The van der Waals surface area contributed by atoms with Crippen LogP contribution in [0.25, 0.3) is 20.7 Å². The lowest BCUT2D eigenvalue weighted by atomic mass is 10.2. The predicted molar refractivity (Wildman–Crippen MR) is 83.4 cm³/mol. The lowest BCUT2D eigenvalue weighted by Crippen LogP contribution is -2.04. The summed E-state index contributed by atoms with van der Waals surface area (Å²) in [5, 5.41) is 3.44. The number of nitrogens with one attached hydrogen (secondary N) is 1. The molecule has 0 aliphatic carbocycles. The maximum Gasteiger partial charge on any atom is 0.344 e. The molecule has 0 unspecified atom stereocenters. The average molecular weight is 321 g/mol. The Morgan fingerprint density at radius 3 is 2.67 bits per heavy atom. The first-order valence-corrected chi connectivity index (χ1v) is 8.73. The maximum absolute atomic E-state index is 11.0. The van der Waals surface area contributed by atoms with Crippen molar-refractivity contribution in [2.45, 2.75) is 0 Å². The molecule has 0 aliphatic heterocycles. The van der Waals surface area contributed by atoms with Crippen LogP contribution < -0.4 is 5.32 Å². The molecule has 0 aliphatic rings. The predicted octanol–water partition coefficient (Wildman–Crippen LogP) is 2.91. The summed E-state index contributed by atoms with van der Waals surface area (Å²) in [6.07, 6.45) is 0.936. The number of rotatable bonds is 4. The molecule has 2 aromatic heterocycles. The van der Waals surface area contributed by atoms with E-state index in [1.807, 2.05) is 36.4 Å². The largest absolute Gasteiger partial charge is 0.358 e. The van der Waals surface area contributed by atoms with E-state index in [-0.39, 0.29) is 0 Å². The van der Waals surface area contributed by atoms with Crippen LogP contribution in [-0.4, -0.2) is 26.0 Å². The van der Waals surface area contributed by atoms with Gasteiger partial charge in [-0.3, -0.25) is 4.57 Å². The summed E-state index contributed by atoms with van der Waals surface area (Å²) in [4.78, 5) is 28.0. The van der Waals surface area contributed by atoms with E-state index >= 15 is 0 Å². The van der Waals surface area contributed by atoms with Crippen molar-refractivity contribution in [2.24, 2.45) is 0 Å². The third-order valence-electron chi connectivity index (χ3n) is 2.84. The van der Waals surface area contributed by atoms with Crippen molar-refractivity contribution in [3.8, 4) is 10.4 Å². The summed E-state index contributed by atoms with van der Waals surface area (Å²) in [7, 11) is -4.13. The van der Waals surface area contributed by atoms with Crippen LogP contribution in [-0.2, 0) is 4.57 Å². The third kappa shape index (κ3) is 3.28. The Bertz CT molecular complexity index is 816. The van der Waals surface area contributed by atoms with Gasteiger partial charge in [0.25, 0.3) is 0 Å². The molecule has 0 spiro atoms. The fourth-order valence-corrected chi connectivity index (χ4v) is 3.28. The van der Waals surface area contributed by atoms with Gasteiger partial charge in [0.1, 0.15) is 23.3 Å². The first-order chi connectivity index (χ1) is 10.0. The molecule has 3 rings (SSSR count). The maximum atomic E-state index is 11.0. The molecule has 3 N–H and O–H groups in total. The Kier molecular flexibility index (Phi) is 3.73. The van der Waals surface area contributed by atoms with E-state index in [2.05, 4.69) is 15.3 Å². The van der Waals surface area contributed by atoms with Gasteiger partial charge in [-0.2, -0.15) is 0 Å². The number of nitrogens with zero attached hydrogens (tertiary/aromatic N) is 2. The minimum atomic E-state index is -4.13. The SMILES string of the molecule is O=P(O)(O)CNc1ncnc2sc(-c3ccccc3)cc12. The molecule has 0 saturated heterocycles. The Balaban J connectivity index is 2.00. The number of thiophene rings is 1. The zero-order chi connectivity index (χ0) is 14.9. The highest BCUT2D eigenvalue weighted by Crippen LogP contribution is 2.37. The molecule has 0 radical (unpaired) electrons. The molecule has 8 heteroatoms. The van der Waals surface area contributed by atoms with Crippen LogP contribution in [0.4, 0.5) is 5.82 Å². The molecule has 21 heavy (non-hydrogen) atoms. The van der Waals surface area contributed by atoms with Gasteiger partial charge < -0.3 is 15.1 Å². The first-order valence-electron chi connectivity index (χ1n) is 6.11. The average Bonchev–Trinajstić information content (AvgIpc) is 2.89. The van der Waals surface area contributed by atoms with Crippen molar-refractivity contribution >= 4 is 35.0 Å². The van der Waals surface area contributed by atoms with Crippen molar-refractivity contribution in [3.05, 3.63) is 42.7 Å². The fraction of sp³-hybridized carbons (Fsp3) is 0.0769. The van der Waals surface area contributed by atoms with Crippen LogP contribution in [0.5, 0.6) is 0 Å². The first kappa shape index (κ1) is 14.2. The highest BCUT2D eigenvalue weighted by molar-refractivity contribution is 7.51. The summed E-state index contributed by atoms with van der Waals surface area (Å²) in [5.74, 6) is 0.432. The van der Waals surface area contributed by atoms with E-state index in [1.54, 1.807) is 0 Å². The highest BCUT2D eigenvalue weighted by Gasteiger charge is 2.15. The van der Waals surface area contributed by atoms with E-state index in [0.29, 0.717) is 5.82 Å². The van der Waals surface area contributed by atoms with Crippen LogP contribution in [0.15, 0.2) is 42.7 Å². The van der Waals surface area contributed by atoms with Gasteiger partial charge in [0.2, 0.25) is 0 Å². The second kappa shape index (κ2) is 5.54. The minimum Gasteiger partial charge on any atom is -0.358 e. The molecule has 3 aromatic rings. The minimum absolute atomic E-state index is 0.432. The molecule has 1 aromatic carbocycles. The summed E-state index contributed by atoms with van der Waals surface area (Å²) >= 11 is 1.51. The summed E-state index contributed by atoms with van der Waals surface area (Å²) in [5.41, 5.74) is 1.07. The van der Waals surface area contributed by atoms with Gasteiger partial charge in [0.15, 0.2) is 0 Å². The molecule has 0 bridgehead atoms. The van der Waals surface area contributed by atoms with Crippen LogP contribution in [0.2, 0.25) is 0 Å². The summed E-state index contributed by atoms with van der Waals surface area (Å²) < 4.78 is 11.0. The van der Waals surface area contributed by atoms with Crippen LogP contribution in [0.3, 0.4) is 0 Å². The number of hydrogen-bond donors (Lipinski definition) is 3. The van der Waals surface area contributed by atoms with E-state index in [1.165, 1.54) is 17.7 Å². The second-order valence-electron chi connectivity index (χ2n) is 4.42. The Hall–Kier alpha value is -1.79. The fourth-order valence-electron chi connectivity index (χ4n) is 1.92. The van der Waals surface area contributed by atoms with E-state index in [4.69, 9.17) is 9.79 Å². The number of aromatic nitrogens is 2. The monoisotopic (exact) mass is 321 g/mol. The number of benzene rings is 1. The zero-order valence-electron chi connectivity index (χ0n) is 10.8. The smallest absolute Gasteiger partial charge is 0.344 e. The lowest BCUT2D eigenvalue weighted by molar-refractivity contribution is 0.375. The molecule has 0 atom stereocenters. The van der Waals surface area contributed by atoms with Crippen molar-refractivity contribution in [1.82, 2.24) is 9.97 Å². The molecular formula is C13H12N3O3PS. The zero-order valence-corrected chi connectivity index (χ0v) is 12.5. The van der Waals surface area contributed by atoms with Crippen LogP contribution in [0.1, 0.15) is 0 Å². The molecule has 0 amide bonds. The highest BCUT2D eigenvalue weighted by atomic mass is 32.1. The summed E-state index contributed by atoms with van der Waals surface area (Å²) in [6, 6.07) is 11.8. The van der Waals surface area contributed by atoms with Gasteiger partial charge in [-0.15, -0.1) is 11.3 Å². The van der Waals surface area contributed by atoms with Gasteiger partial charge in [-0.1, -0.05) is 30.3 Å².